The first-order chi connectivity index (χ1) is 15.4. The second-order valence-corrected chi connectivity index (χ2v) is 9.20. The Morgan fingerprint density at radius 3 is 2.12 bits per heavy atom. The molecule has 0 aromatic heterocycles. The summed E-state index contributed by atoms with van der Waals surface area (Å²) in [6.45, 7) is 1.62. The van der Waals surface area contributed by atoms with Gasteiger partial charge in [0.05, 0.1) is 22.4 Å². The fraction of sp³-hybridized carbons (Fsp3) is 0.200. The van der Waals surface area contributed by atoms with Gasteiger partial charge in [-0.25, -0.2) is 4.90 Å². The number of alkyl halides is 1. The number of halogens is 1. The normalized spacial score (nSPS) is 27.2. The van der Waals surface area contributed by atoms with Crippen LogP contribution in [-0.4, -0.2) is 16.7 Å². The molecule has 3 aromatic carbocycles. The largest absolute Gasteiger partial charge is 0.274 e. The highest BCUT2D eigenvalue weighted by molar-refractivity contribution is 6.33. The Bertz CT molecular complexity index is 1320. The lowest BCUT2D eigenvalue weighted by Crippen LogP contribution is -2.50. The van der Waals surface area contributed by atoms with E-state index in [0.717, 1.165) is 27.2 Å². The number of aryl methyl sites for hydroxylation is 1. The van der Waals surface area contributed by atoms with E-state index in [0.29, 0.717) is 5.56 Å². The minimum Gasteiger partial charge on any atom is -0.274 e. The summed E-state index contributed by atoms with van der Waals surface area (Å²) in [7, 11) is 0. The molecule has 1 heterocycles. The van der Waals surface area contributed by atoms with Gasteiger partial charge in [-0.2, -0.15) is 0 Å². The summed E-state index contributed by atoms with van der Waals surface area (Å²) in [5.74, 6) is -2.52. The van der Waals surface area contributed by atoms with E-state index in [9.17, 15) is 19.7 Å². The molecule has 32 heavy (non-hydrogen) atoms. The van der Waals surface area contributed by atoms with Crippen molar-refractivity contribution in [2.45, 2.75) is 17.7 Å². The molecule has 0 spiro atoms. The zero-order chi connectivity index (χ0) is 22.4. The fourth-order valence-electron chi connectivity index (χ4n) is 5.87. The van der Waals surface area contributed by atoms with Gasteiger partial charge in [-0.1, -0.05) is 54.6 Å². The number of carbonyl (C=O) groups excluding carboxylic acids is 2. The summed E-state index contributed by atoms with van der Waals surface area (Å²) < 4.78 is 0. The summed E-state index contributed by atoms with van der Waals surface area (Å²) in [6.07, 6.45) is 0. The maximum atomic E-state index is 13.8. The lowest BCUT2D eigenvalue weighted by atomic mass is 9.54. The van der Waals surface area contributed by atoms with Gasteiger partial charge in [0.15, 0.2) is 0 Å². The van der Waals surface area contributed by atoms with Crippen LogP contribution < -0.4 is 4.90 Å². The Morgan fingerprint density at radius 1 is 0.938 bits per heavy atom. The molecule has 2 atom stereocenters. The first kappa shape index (κ1) is 19.2. The van der Waals surface area contributed by atoms with E-state index < -0.39 is 27.5 Å². The van der Waals surface area contributed by atoms with Crippen LogP contribution in [0.15, 0.2) is 66.7 Å². The van der Waals surface area contributed by atoms with E-state index in [-0.39, 0.29) is 23.2 Å². The van der Waals surface area contributed by atoms with Crippen LogP contribution in [0, 0.1) is 28.9 Å². The number of anilines is 1. The topological polar surface area (TPSA) is 80.5 Å². The Balaban J connectivity index is 1.58. The zero-order valence-electron chi connectivity index (χ0n) is 17.0. The molecule has 0 radical (unpaired) electrons. The van der Waals surface area contributed by atoms with E-state index in [2.05, 4.69) is 0 Å². The Labute approximate surface area is 188 Å². The van der Waals surface area contributed by atoms with E-state index in [1.165, 1.54) is 6.07 Å². The Kier molecular flexibility index (Phi) is 3.76. The standard InChI is InChI=1S/C25H17ClN2O4/c1-13-10-11-14(12-19(13)28(31)32)27-23(29)21-20-15-6-2-4-8-17(15)25(26,22(21)24(27)30)18-9-5-3-7-16(18)20/h2-12,20-22H,1H3/t20?,21-,22-,25?/m0/s1. The van der Waals surface area contributed by atoms with Crippen LogP contribution in [0.25, 0.3) is 0 Å². The first-order valence-corrected chi connectivity index (χ1v) is 10.7. The average molecular weight is 445 g/mol. The van der Waals surface area contributed by atoms with Gasteiger partial charge in [0.25, 0.3) is 5.69 Å². The molecule has 4 aliphatic rings. The molecule has 1 fully saturated rings. The summed E-state index contributed by atoms with van der Waals surface area (Å²) in [5.41, 5.74) is 4.16. The van der Waals surface area contributed by atoms with Crippen molar-refractivity contribution in [3.8, 4) is 0 Å². The highest BCUT2D eigenvalue weighted by atomic mass is 35.5. The number of hydrogen-bond donors (Lipinski definition) is 0. The van der Waals surface area contributed by atoms with Crippen molar-refractivity contribution in [2.24, 2.45) is 11.8 Å². The number of nitrogens with zero attached hydrogens (tertiary/aromatic N) is 2. The van der Waals surface area contributed by atoms with Gasteiger partial charge in [-0.15, -0.1) is 11.6 Å². The summed E-state index contributed by atoms with van der Waals surface area (Å²) in [6, 6.07) is 19.9. The third kappa shape index (κ3) is 2.15. The molecule has 7 rings (SSSR count). The molecule has 7 heteroatoms. The Morgan fingerprint density at radius 2 is 1.53 bits per heavy atom. The van der Waals surface area contributed by atoms with Crippen LogP contribution >= 0.6 is 11.6 Å². The summed E-state index contributed by atoms with van der Waals surface area (Å²) in [5, 5.41) is 11.5. The summed E-state index contributed by atoms with van der Waals surface area (Å²) in [4.78, 5) is 38.4. The zero-order valence-corrected chi connectivity index (χ0v) is 17.7. The minimum absolute atomic E-state index is 0.131. The number of imide groups is 1. The maximum Gasteiger partial charge on any atom is 0.274 e. The molecule has 158 valence electrons. The molecule has 1 saturated heterocycles. The number of amides is 2. The molecule has 3 aromatic rings. The lowest BCUT2D eigenvalue weighted by Gasteiger charge is -2.50. The number of carbonyl (C=O) groups is 2. The van der Waals surface area contributed by atoms with Gasteiger partial charge in [-0.3, -0.25) is 19.7 Å². The number of nitro groups is 1. The van der Waals surface area contributed by atoms with Crippen LogP contribution in [0.3, 0.4) is 0 Å². The van der Waals surface area contributed by atoms with Crippen molar-refractivity contribution < 1.29 is 14.5 Å². The Hall–Kier alpha value is -3.51. The molecule has 0 unspecified atom stereocenters. The van der Waals surface area contributed by atoms with Crippen LogP contribution in [0.2, 0.25) is 0 Å². The molecule has 0 N–H and O–H groups in total. The quantitative estimate of drug-likeness (QED) is 0.249. The molecule has 2 bridgehead atoms. The van der Waals surface area contributed by atoms with Crippen LogP contribution in [-0.2, 0) is 14.5 Å². The predicted molar refractivity (Wildman–Crippen MR) is 119 cm³/mol. The number of nitro benzene ring substituents is 1. The first-order valence-electron chi connectivity index (χ1n) is 10.4. The minimum atomic E-state index is -1.18. The van der Waals surface area contributed by atoms with Crippen molar-refractivity contribution in [3.05, 3.63) is 105 Å². The highest BCUT2D eigenvalue weighted by Gasteiger charge is 2.68. The van der Waals surface area contributed by atoms with Crippen LogP contribution in [0.5, 0.6) is 0 Å². The third-order valence-electron chi connectivity index (χ3n) is 7.16. The third-order valence-corrected chi connectivity index (χ3v) is 7.80. The van der Waals surface area contributed by atoms with Crippen LogP contribution in [0.4, 0.5) is 11.4 Å². The van der Waals surface area contributed by atoms with Crippen molar-refractivity contribution in [2.75, 3.05) is 4.90 Å². The summed E-state index contributed by atoms with van der Waals surface area (Å²) >= 11 is 7.37. The van der Waals surface area contributed by atoms with E-state index >= 15 is 0 Å². The van der Waals surface area contributed by atoms with Gasteiger partial charge in [-0.05, 0) is 35.2 Å². The van der Waals surface area contributed by atoms with Crippen molar-refractivity contribution in [1.82, 2.24) is 0 Å². The van der Waals surface area contributed by atoms with Gasteiger partial charge in [0.2, 0.25) is 11.8 Å². The predicted octanol–water partition coefficient (Wildman–Crippen LogP) is 4.65. The monoisotopic (exact) mass is 444 g/mol. The fourth-order valence-corrected chi connectivity index (χ4v) is 6.44. The van der Waals surface area contributed by atoms with Crippen molar-refractivity contribution >= 4 is 34.8 Å². The van der Waals surface area contributed by atoms with E-state index in [4.69, 9.17) is 11.6 Å². The van der Waals surface area contributed by atoms with Crippen molar-refractivity contribution in [1.29, 1.82) is 0 Å². The second-order valence-electron chi connectivity index (χ2n) is 8.61. The number of rotatable bonds is 2. The highest BCUT2D eigenvalue weighted by Crippen LogP contribution is 2.65. The molecule has 1 aliphatic heterocycles. The van der Waals surface area contributed by atoms with Crippen molar-refractivity contribution in [3.63, 3.8) is 0 Å². The van der Waals surface area contributed by atoms with Gasteiger partial charge < -0.3 is 0 Å². The molecular weight excluding hydrogens is 428 g/mol. The SMILES string of the molecule is Cc1ccc(N2C(=O)[C@@H]3[C@@H](C2=O)C2c4ccccc4C3(Cl)c3ccccc32)cc1[N+](=O)[O-]. The van der Waals surface area contributed by atoms with Crippen LogP contribution in [0.1, 0.15) is 33.7 Å². The lowest BCUT2D eigenvalue weighted by molar-refractivity contribution is -0.385. The molecule has 3 aliphatic carbocycles. The van der Waals surface area contributed by atoms with Gasteiger partial charge >= 0.3 is 0 Å². The van der Waals surface area contributed by atoms with Gasteiger partial charge in [0, 0.05) is 17.5 Å². The van der Waals surface area contributed by atoms with Gasteiger partial charge in [0.1, 0.15) is 4.87 Å². The second kappa shape index (κ2) is 6.26. The number of benzene rings is 3. The van der Waals surface area contributed by atoms with E-state index in [1.54, 1.807) is 19.1 Å². The molecule has 6 nitrogen and oxygen atoms in total. The average Bonchev–Trinajstić information content (AvgIpc) is 3.06. The van der Waals surface area contributed by atoms with E-state index in [1.807, 2.05) is 48.5 Å². The smallest absolute Gasteiger partial charge is 0.274 e. The maximum absolute atomic E-state index is 13.8. The molecule has 2 amide bonds. The number of hydrogen-bond acceptors (Lipinski definition) is 4. The molecular formula is C25H17ClN2O4. The molecule has 0 saturated carbocycles.